The number of hydrogen-bond acceptors (Lipinski definition) is 5. The van der Waals surface area contributed by atoms with E-state index in [0.717, 1.165) is 19.3 Å². The van der Waals surface area contributed by atoms with Gasteiger partial charge in [0.2, 0.25) is 0 Å². The van der Waals surface area contributed by atoms with Crippen LogP contribution in [0.5, 0.6) is 0 Å². The lowest BCUT2D eigenvalue weighted by Gasteiger charge is -2.21. The first-order valence-electron chi connectivity index (χ1n) is 10.3. The summed E-state index contributed by atoms with van der Waals surface area (Å²) in [5, 5.41) is 2.33. The van der Waals surface area contributed by atoms with Gasteiger partial charge in [-0.2, -0.15) is 0 Å². The Morgan fingerprint density at radius 1 is 0.929 bits per heavy atom. The van der Waals surface area contributed by atoms with Gasteiger partial charge >= 0.3 is 0 Å². The maximum atomic E-state index is 13.1. The normalized spacial score (nSPS) is 11.6. The van der Waals surface area contributed by atoms with E-state index in [4.69, 9.17) is 5.73 Å². The van der Waals surface area contributed by atoms with Crippen molar-refractivity contribution in [3.05, 3.63) is 35.8 Å². The number of benzene rings is 1. The van der Waals surface area contributed by atoms with E-state index >= 15 is 0 Å². The van der Waals surface area contributed by atoms with E-state index < -0.39 is 10.0 Å². The summed E-state index contributed by atoms with van der Waals surface area (Å²) in [6, 6.07) is 6.36. The summed E-state index contributed by atoms with van der Waals surface area (Å²) in [5.74, 6) is 0. The van der Waals surface area contributed by atoms with Crippen molar-refractivity contribution in [1.29, 1.82) is 0 Å². The van der Waals surface area contributed by atoms with Crippen LogP contribution in [0.15, 0.2) is 40.7 Å². The molecule has 1 aromatic carbocycles. The van der Waals surface area contributed by atoms with Crippen molar-refractivity contribution < 1.29 is 8.42 Å². The van der Waals surface area contributed by atoms with Crippen molar-refractivity contribution >= 4 is 32.2 Å². The van der Waals surface area contributed by atoms with Crippen LogP contribution in [-0.2, 0) is 10.0 Å². The zero-order valence-corrected chi connectivity index (χ0v) is 18.5. The molecule has 0 aliphatic rings. The zero-order chi connectivity index (χ0) is 20.2. The van der Waals surface area contributed by atoms with E-state index in [2.05, 4.69) is 11.9 Å². The number of anilines is 2. The maximum Gasteiger partial charge on any atom is 0.266 e. The standard InChI is InChI=1S/C21H33N3O2S2/c1-2-3-4-5-6-7-8-9-10-11-17-24(21-23-16-18-27-21)28(25,26)20-14-12-19(22)13-15-20/h12-16,18H,2-11,17,22H2,1H3. The molecule has 0 spiro atoms. The molecule has 2 rings (SSSR count). The van der Waals surface area contributed by atoms with Gasteiger partial charge in [0, 0.05) is 23.8 Å². The van der Waals surface area contributed by atoms with Crippen molar-refractivity contribution in [2.45, 2.75) is 76.0 Å². The van der Waals surface area contributed by atoms with Crippen LogP contribution in [0.1, 0.15) is 71.1 Å². The third kappa shape index (κ3) is 7.09. The van der Waals surface area contributed by atoms with Gasteiger partial charge in [-0.25, -0.2) is 17.7 Å². The number of nitrogen functional groups attached to an aromatic ring is 1. The molecular formula is C21H33N3O2S2. The highest BCUT2D eigenvalue weighted by Crippen LogP contribution is 2.26. The Kier molecular flexibility index (Phi) is 9.78. The molecular weight excluding hydrogens is 390 g/mol. The number of nitrogens with zero attached hydrogens (tertiary/aromatic N) is 2. The molecule has 0 radical (unpaired) electrons. The third-order valence-electron chi connectivity index (χ3n) is 4.82. The van der Waals surface area contributed by atoms with Gasteiger partial charge < -0.3 is 5.73 Å². The van der Waals surface area contributed by atoms with E-state index in [9.17, 15) is 8.42 Å². The van der Waals surface area contributed by atoms with E-state index in [1.54, 1.807) is 35.8 Å². The molecule has 2 N–H and O–H groups in total. The Labute approximate surface area is 174 Å². The molecule has 0 saturated heterocycles. The van der Waals surface area contributed by atoms with Gasteiger partial charge in [-0.3, -0.25) is 0 Å². The zero-order valence-electron chi connectivity index (χ0n) is 16.8. The number of aromatic nitrogens is 1. The first-order chi connectivity index (χ1) is 13.6. The van der Waals surface area contributed by atoms with E-state index in [1.807, 2.05) is 0 Å². The molecule has 28 heavy (non-hydrogen) atoms. The fourth-order valence-corrected chi connectivity index (χ4v) is 5.52. The van der Waals surface area contributed by atoms with Gasteiger partial charge in [0.1, 0.15) is 0 Å². The predicted molar refractivity (Wildman–Crippen MR) is 119 cm³/mol. The molecule has 0 aliphatic carbocycles. The summed E-state index contributed by atoms with van der Waals surface area (Å²) in [7, 11) is -3.63. The molecule has 5 nitrogen and oxygen atoms in total. The lowest BCUT2D eigenvalue weighted by Crippen LogP contribution is -2.32. The van der Waals surface area contributed by atoms with Crippen molar-refractivity contribution in [2.24, 2.45) is 0 Å². The largest absolute Gasteiger partial charge is 0.399 e. The van der Waals surface area contributed by atoms with Crippen molar-refractivity contribution in [3.63, 3.8) is 0 Å². The first-order valence-corrected chi connectivity index (χ1v) is 12.7. The number of rotatable bonds is 14. The molecule has 156 valence electrons. The van der Waals surface area contributed by atoms with Gasteiger partial charge in [0.25, 0.3) is 10.0 Å². The minimum Gasteiger partial charge on any atom is -0.399 e. The quantitative estimate of drug-likeness (QED) is 0.306. The van der Waals surface area contributed by atoms with Crippen molar-refractivity contribution in [3.8, 4) is 0 Å². The average Bonchev–Trinajstić information content (AvgIpc) is 3.20. The molecule has 0 saturated carbocycles. The van der Waals surface area contributed by atoms with E-state index in [-0.39, 0.29) is 4.90 Å². The van der Waals surface area contributed by atoms with Crippen LogP contribution in [0.25, 0.3) is 0 Å². The van der Waals surface area contributed by atoms with Gasteiger partial charge in [-0.05, 0) is 30.7 Å². The Hall–Kier alpha value is -1.60. The molecule has 0 fully saturated rings. The molecule has 0 unspecified atom stereocenters. The Morgan fingerprint density at radius 2 is 1.50 bits per heavy atom. The fourth-order valence-electron chi connectivity index (χ4n) is 3.17. The minimum absolute atomic E-state index is 0.254. The van der Waals surface area contributed by atoms with E-state index in [1.165, 1.54) is 60.6 Å². The molecule has 0 atom stereocenters. The molecule has 0 amide bonds. The fraction of sp³-hybridized carbons (Fsp3) is 0.571. The van der Waals surface area contributed by atoms with Crippen LogP contribution >= 0.6 is 11.3 Å². The summed E-state index contributed by atoms with van der Waals surface area (Å²) in [5.41, 5.74) is 6.24. The predicted octanol–water partition coefficient (Wildman–Crippen LogP) is 5.84. The summed E-state index contributed by atoms with van der Waals surface area (Å²) in [6.45, 7) is 2.69. The van der Waals surface area contributed by atoms with Crippen LogP contribution in [0.2, 0.25) is 0 Å². The lowest BCUT2D eigenvalue weighted by atomic mass is 10.1. The van der Waals surface area contributed by atoms with Gasteiger partial charge in [-0.1, -0.05) is 64.7 Å². The Morgan fingerprint density at radius 3 is 2.04 bits per heavy atom. The molecule has 2 aromatic rings. The van der Waals surface area contributed by atoms with Crippen LogP contribution in [0.4, 0.5) is 10.8 Å². The Bertz CT molecular complexity index is 759. The average molecular weight is 424 g/mol. The Balaban J connectivity index is 1.83. The minimum atomic E-state index is -3.63. The number of thiazole rings is 1. The molecule has 1 aromatic heterocycles. The third-order valence-corrected chi connectivity index (χ3v) is 7.53. The second kappa shape index (κ2) is 12.1. The smallest absolute Gasteiger partial charge is 0.266 e. The monoisotopic (exact) mass is 423 g/mol. The summed E-state index contributed by atoms with van der Waals surface area (Å²) in [4.78, 5) is 4.48. The maximum absolute atomic E-state index is 13.1. The topological polar surface area (TPSA) is 76.3 Å². The number of hydrogen-bond donors (Lipinski definition) is 1. The SMILES string of the molecule is CCCCCCCCCCCCN(c1nccs1)S(=O)(=O)c1ccc(N)cc1. The second-order valence-corrected chi connectivity index (χ2v) is 9.88. The highest BCUT2D eigenvalue weighted by molar-refractivity contribution is 7.93. The first kappa shape index (κ1) is 22.7. The molecule has 1 heterocycles. The highest BCUT2D eigenvalue weighted by Gasteiger charge is 2.26. The highest BCUT2D eigenvalue weighted by atomic mass is 32.2. The summed E-state index contributed by atoms with van der Waals surface area (Å²) in [6.07, 6.45) is 13.8. The van der Waals surface area contributed by atoms with Gasteiger partial charge in [-0.15, -0.1) is 11.3 Å². The van der Waals surface area contributed by atoms with Gasteiger partial charge in [0.15, 0.2) is 5.13 Å². The summed E-state index contributed by atoms with van der Waals surface area (Å²) < 4.78 is 27.6. The second-order valence-electron chi connectivity index (χ2n) is 7.14. The van der Waals surface area contributed by atoms with Crippen molar-refractivity contribution in [1.82, 2.24) is 4.98 Å². The van der Waals surface area contributed by atoms with Crippen LogP contribution in [0.3, 0.4) is 0 Å². The van der Waals surface area contributed by atoms with Crippen LogP contribution in [0, 0.1) is 0 Å². The molecule has 7 heteroatoms. The lowest BCUT2D eigenvalue weighted by molar-refractivity contribution is 0.555. The molecule has 0 aliphatic heterocycles. The number of sulfonamides is 1. The molecule has 0 bridgehead atoms. The van der Waals surface area contributed by atoms with E-state index in [0.29, 0.717) is 17.4 Å². The summed E-state index contributed by atoms with van der Waals surface area (Å²) >= 11 is 1.35. The number of nitrogens with two attached hydrogens (primary N) is 1. The van der Waals surface area contributed by atoms with Crippen molar-refractivity contribution in [2.75, 3.05) is 16.6 Å². The van der Waals surface area contributed by atoms with Gasteiger partial charge in [0.05, 0.1) is 4.90 Å². The van der Waals surface area contributed by atoms with Crippen LogP contribution < -0.4 is 10.0 Å². The number of unbranched alkanes of at least 4 members (excludes halogenated alkanes) is 9. The van der Waals surface area contributed by atoms with Crippen LogP contribution in [-0.4, -0.2) is 19.9 Å².